The average molecular weight is 358 g/mol. The van der Waals surface area contributed by atoms with E-state index in [0.29, 0.717) is 35.7 Å². The number of carbonyl (C=O) groups excluding carboxylic acids is 2. The standard InChI is InChI=1S/C20H26N2O4/c1-4-26-20(24)19-17(12-25-10-9-21)22-14(3)16(11-23)18(19)15-8-6-5-7-13(15)2/h5-8,11,18,22H,4,9-10,12,21H2,1-3H3. The van der Waals surface area contributed by atoms with Crippen molar-refractivity contribution in [3.8, 4) is 0 Å². The normalized spacial score (nSPS) is 17.2. The van der Waals surface area contributed by atoms with Crippen molar-refractivity contribution in [2.75, 3.05) is 26.4 Å². The largest absolute Gasteiger partial charge is 0.463 e. The highest BCUT2D eigenvalue weighted by Gasteiger charge is 2.35. The summed E-state index contributed by atoms with van der Waals surface area (Å²) in [6, 6.07) is 7.72. The molecule has 140 valence electrons. The molecule has 26 heavy (non-hydrogen) atoms. The molecule has 0 aromatic heterocycles. The highest BCUT2D eigenvalue weighted by atomic mass is 16.5. The Morgan fingerprint density at radius 1 is 1.31 bits per heavy atom. The van der Waals surface area contributed by atoms with Crippen molar-refractivity contribution in [1.82, 2.24) is 5.32 Å². The number of allylic oxidation sites excluding steroid dienone is 2. The number of rotatable bonds is 8. The molecular weight excluding hydrogens is 332 g/mol. The molecule has 2 rings (SSSR count). The third-order valence-corrected chi connectivity index (χ3v) is 4.33. The Labute approximate surface area is 154 Å². The summed E-state index contributed by atoms with van der Waals surface area (Å²) in [7, 11) is 0. The predicted octanol–water partition coefficient (Wildman–Crippen LogP) is 1.95. The second kappa shape index (κ2) is 9.31. The number of aryl methyl sites for hydroxylation is 1. The molecule has 0 amide bonds. The number of nitrogens with two attached hydrogens (primary N) is 1. The van der Waals surface area contributed by atoms with Gasteiger partial charge in [-0.25, -0.2) is 4.79 Å². The number of aldehydes is 1. The number of esters is 1. The van der Waals surface area contributed by atoms with Crippen LogP contribution in [0.5, 0.6) is 0 Å². The first-order valence-electron chi connectivity index (χ1n) is 8.71. The Morgan fingerprint density at radius 2 is 2.04 bits per heavy atom. The molecule has 0 spiro atoms. The van der Waals surface area contributed by atoms with Gasteiger partial charge < -0.3 is 20.5 Å². The van der Waals surface area contributed by atoms with E-state index in [1.165, 1.54) is 0 Å². The van der Waals surface area contributed by atoms with Crippen molar-refractivity contribution >= 4 is 12.3 Å². The van der Waals surface area contributed by atoms with Crippen molar-refractivity contribution in [2.45, 2.75) is 26.7 Å². The van der Waals surface area contributed by atoms with Crippen LogP contribution < -0.4 is 11.1 Å². The van der Waals surface area contributed by atoms with Gasteiger partial charge in [0.1, 0.15) is 6.29 Å². The molecule has 0 saturated heterocycles. The van der Waals surface area contributed by atoms with Crippen molar-refractivity contribution in [3.63, 3.8) is 0 Å². The van der Waals surface area contributed by atoms with Crippen LogP contribution in [0, 0.1) is 6.92 Å². The summed E-state index contributed by atoms with van der Waals surface area (Å²) in [4.78, 5) is 24.6. The molecule has 1 unspecified atom stereocenters. The lowest BCUT2D eigenvalue weighted by Gasteiger charge is -2.31. The zero-order valence-electron chi connectivity index (χ0n) is 15.5. The molecule has 1 aromatic carbocycles. The quantitative estimate of drug-likeness (QED) is 0.419. The van der Waals surface area contributed by atoms with Crippen molar-refractivity contribution in [3.05, 3.63) is 57.9 Å². The maximum Gasteiger partial charge on any atom is 0.336 e. The van der Waals surface area contributed by atoms with Gasteiger partial charge in [0.25, 0.3) is 0 Å². The molecule has 6 nitrogen and oxygen atoms in total. The van der Waals surface area contributed by atoms with Gasteiger partial charge in [0.2, 0.25) is 0 Å². The highest BCUT2D eigenvalue weighted by molar-refractivity contribution is 5.96. The Bertz CT molecular complexity index is 737. The number of dihydropyridines is 1. The summed E-state index contributed by atoms with van der Waals surface area (Å²) in [6.45, 7) is 6.74. The minimum absolute atomic E-state index is 0.192. The fourth-order valence-electron chi connectivity index (χ4n) is 3.12. The first-order valence-corrected chi connectivity index (χ1v) is 8.71. The predicted molar refractivity (Wildman–Crippen MR) is 99.4 cm³/mol. The summed E-state index contributed by atoms with van der Waals surface area (Å²) < 4.78 is 10.8. The number of nitrogens with one attached hydrogen (secondary N) is 1. The maximum absolute atomic E-state index is 12.8. The molecule has 1 aliphatic heterocycles. The SMILES string of the molecule is CCOC(=O)C1=C(COCCN)NC(C)=C(C=O)C1c1ccccc1C. The smallest absolute Gasteiger partial charge is 0.336 e. The lowest BCUT2D eigenvalue weighted by Crippen LogP contribution is -2.33. The van der Waals surface area contributed by atoms with Gasteiger partial charge in [0.05, 0.1) is 31.1 Å². The third kappa shape index (κ3) is 4.20. The van der Waals surface area contributed by atoms with Crippen LogP contribution in [0.25, 0.3) is 0 Å². The molecule has 0 saturated carbocycles. The summed E-state index contributed by atoms with van der Waals surface area (Å²) in [6.07, 6.45) is 0.802. The molecule has 0 radical (unpaired) electrons. The molecule has 0 bridgehead atoms. The van der Waals surface area contributed by atoms with E-state index in [1.807, 2.05) is 38.1 Å². The van der Waals surface area contributed by atoms with Gasteiger partial charge in [-0.2, -0.15) is 0 Å². The molecular formula is C20H26N2O4. The first-order chi connectivity index (χ1) is 12.5. The molecule has 1 aliphatic rings. The Kier molecular flexibility index (Phi) is 7.12. The van der Waals surface area contributed by atoms with Gasteiger partial charge in [-0.15, -0.1) is 0 Å². The lowest BCUT2D eigenvalue weighted by atomic mass is 9.79. The van der Waals surface area contributed by atoms with Crippen LogP contribution in [0.3, 0.4) is 0 Å². The second-order valence-electron chi connectivity index (χ2n) is 6.07. The Balaban J connectivity index is 2.60. The van der Waals surface area contributed by atoms with Crippen LogP contribution in [-0.4, -0.2) is 38.6 Å². The maximum atomic E-state index is 12.8. The van der Waals surface area contributed by atoms with Crippen LogP contribution >= 0.6 is 0 Å². The third-order valence-electron chi connectivity index (χ3n) is 4.33. The van der Waals surface area contributed by atoms with Gasteiger partial charge in [-0.1, -0.05) is 24.3 Å². The van der Waals surface area contributed by atoms with E-state index >= 15 is 0 Å². The van der Waals surface area contributed by atoms with Gasteiger partial charge in [0, 0.05) is 23.7 Å². The summed E-state index contributed by atoms with van der Waals surface area (Å²) in [5, 5.41) is 3.15. The van der Waals surface area contributed by atoms with E-state index in [9.17, 15) is 9.59 Å². The lowest BCUT2D eigenvalue weighted by molar-refractivity contribution is -0.138. The van der Waals surface area contributed by atoms with E-state index in [4.69, 9.17) is 15.2 Å². The van der Waals surface area contributed by atoms with E-state index in [1.54, 1.807) is 6.92 Å². The van der Waals surface area contributed by atoms with E-state index < -0.39 is 11.9 Å². The van der Waals surface area contributed by atoms with Crippen LogP contribution in [0.2, 0.25) is 0 Å². The number of carbonyl (C=O) groups is 2. The number of ether oxygens (including phenoxy) is 2. The summed E-state index contributed by atoms with van der Waals surface area (Å²) in [5.41, 5.74) is 9.61. The minimum Gasteiger partial charge on any atom is -0.463 e. The number of benzene rings is 1. The second-order valence-corrected chi connectivity index (χ2v) is 6.07. The summed E-state index contributed by atoms with van der Waals surface area (Å²) >= 11 is 0. The van der Waals surface area contributed by atoms with Crippen molar-refractivity contribution in [1.29, 1.82) is 0 Å². The van der Waals surface area contributed by atoms with Crippen LogP contribution in [0.15, 0.2) is 46.8 Å². The van der Waals surface area contributed by atoms with Gasteiger partial charge >= 0.3 is 5.97 Å². The summed E-state index contributed by atoms with van der Waals surface area (Å²) in [5.74, 6) is -0.947. The molecule has 1 heterocycles. The van der Waals surface area contributed by atoms with E-state index in [0.717, 1.165) is 17.4 Å². The van der Waals surface area contributed by atoms with Gasteiger partial charge in [0.15, 0.2) is 0 Å². The van der Waals surface area contributed by atoms with Crippen LogP contribution in [-0.2, 0) is 19.1 Å². The van der Waals surface area contributed by atoms with Crippen molar-refractivity contribution in [2.24, 2.45) is 5.73 Å². The number of hydrogen-bond donors (Lipinski definition) is 2. The zero-order valence-corrected chi connectivity index (χ0v) is 15.5. The van der Waals surface area contributed by atoms with Crippen molar-refractivity contribution < 1.29 is 19.1 Å². The average Bonchev–Trinajstić information content (AvgIpc) is 2.62. The minimum atomic E-state index is -0.495. The monoisotopic (exact) mass is 358 g/mol. The molecule has 0 aliphatic carbocycles. The molecule has 3 N–H and O–H groups in total. The Morgan fingerprint density at radius 3 is 2.65 bits per heavy atom. The highest BCUT2D eigenvalue weighted by Crippen LogP contribution is 2.39. The Hall–Kier alpha value is -2.44. The van der Waals surface area contributed by atoms with E-state index in [2.05, 4.69) is 5.32 Å². The topological polar surface area (TPSA) is 90.7 Å². The molecule has 1 aromatic rings. The fraction of sp³-hybridized carbons (Fsp3) is 0.400. The molecule has 6 heteroatoms. The zero-order chi connectivity index (χ0) is 19.1. The van der Waals surface area contributed by atoms with Crippen LogP contribution in [0.1, 0.15) is 30.9 Å². The van der Waals surface area contributed by atoms with E-state index in [-0.39, 0.29) is 13.2 Å². The first kappa shape index (κ1) is 19.9. The molecule has 0 fully saturated rings. The molecule has 1 atom stereocenters. The number of hydrogen-bond acceptors (Lipinski definition) is 6. The van der Waals surface area contributed by atoms with Crippen LogP contribution in [0.4, 0.5) is 0 Å². The fourth-order valence-corrected chi connectivity index (χ4v) is 3.12. The van der Waals surface area contributed by atoms with Gasteiger partial charge in [-0.3, -0.25) is 4.79 Å². The van der Waals surface area contributed by atoms with Gasteiger partial charge in [-0.05, 0) is 31.9 Å².